The van der Waals surface area contributed by atoms with Gasteiger partial charge in [-0.05, 0) is 16.7 Å². The zero-order valence-corrected chi connectivity index (χ0v) is 14.5. The predicted octanol–water partition coefficient (Wildman–Crippen LogP) is 3.85. The van der Waals surface area contributed by atoms with E-state index in [0.717, 1.165) is 11.1 Å². The molecule has 3 rings (SSSR count). The average molecular weight is 353 g/mol. The molecular weight excluding hydrogens is 330 g/mol. The van der Waals surface area contributed by atoms with E-state index in [2.05, 4.69) is 10.0 Å². The summed E-state index contributed by atoms with van der Waals surface area (Å²) in [7, 11) is 0. The zero-order chi connectivity index (χ0) is 18.2. The minimum Gasteiger partial charge on any atom is -0.393 e. The first-order valence-electron chi connectivity index (χ1n) is 8.77. The minimum absolute atomic E-state index is 0.173. The van der Waals surface area contributed by atoms with Gasteiger partial charge in [0.2, 0.25) is 0 Å². The third kappa shape index (κ3) is 4.84. The molecule has 1 aliphatic rings. The quantitative estimate of drug-likeness (QED) is 0.444. The molecule has 0 bridgehead atoms. The van der Waals surface area contributed by atoms with Gasteiger partial charge in [-0.15, -0.1) is 0 Å². The molecule has 0 spiro atoms. The van der Waals surface area contributed by atoms with Crippen LogP contribution in [0.4, 0.5) is 0 Å². The number of nitrogens with zero attached hydrogens (tertiary/aromatic N) is 3. The Kier molecular flexibility index (Phi) is 6.63. The van der Waals surface area contributed by atoms with Crippen molar-refractivity contribution in [2.24, 2.45) is 11.0 Å². The number of rotatable bonds is 8. The number of benzene rings is 2. The zero-order valence-electron chi connectivity index (χ0n) is 14.5. The second kappa shape index (κ2) is 9.36. The highest BCUT2D eigenvalue weighted by Gasteiger charge is 2.43. The fourth-order valence-electron chi connectivity index (χ4n) is 3.34. The molecule has 4 atom stereocenters. The van der Waals surface area contributed by atoms with E-state index in [1.54, 1.807) is 0 Å². The highest BCUT2D eigenvalue weighted by Crippen LogP contribution is 2.33. The summed E-state index contributed by atoms with van der Waals surface area (Å²) >= 11 is 0. The van der Waals surface area contributed by atoms with Crippen LogP contribution in [0.15, 0.2) is 65.8 Å². The third-order valence-corrected chi connectivity index (χ3v) is 4.70. The van der Waals surface area contributed by atoms with Crippen LogP contribution in [0.3, 0.4) is 0 Å². The monoisotopic (exact) mass is 353 g/mol. The average Bonchev–Trinajstić information content (AvgIpc) is 2.97. The van der Waals surface area contributed by atoms with Crippen LogP contribution in [-0.4, -0.2) is 30.0 Å². The van der Waals surface area contributed by atoms with E-state index in [-0.39, 0.29) is 12.0 Å². The van der Waals surface area contributed by atoms with Crippen molar-refractivity contribution in [3.8, 4) is 0 Å². The Bertz CT molecular complexity index is 720. The lowest BCUT2D eigenvalue weighted by Crippen LogP contribution is -2.30. The lowest BCUT2D eigenvalue weighted by Gasteiger charge is -2.23. The van der Waals surface area contributed by atoms with Gasteiger partial charge in [0.25, 0.3) is 0 Å². The summed E-state index contributed by atoms with van der Waals surface area (Å²) in [5.74, 6) is -0.173. The SMILES string of the molecule is [N-]=[N+]=N[C@@H]1[C@H](COCc2ccccc2)[C@@H](OCc2ccccc2)C[C@H]1O. The normalized spacial score (nSPS) is 25.0. The second-order valence-electron chi connectivity index (χ2n) is 6.50. The Hall–Kier alpha value is -2.37. The number of azide groups is 1. The molecule has 0 unspecified atom stereocenters. The lowest BCUT2D eigenvalue weighted by atomic mass is 10.0. The standard InChI is InChI=1S/C20H23N3O3/c21-23-22-20-17(14-25-12-15-7-3-1-4-8-15)19(11-18(20)24)26-13-16-9-5-2-6-10-16/h1-10,17-20,24H,11-14H2/t17-,18-,19+,20-/m1/s1. The van der Waals surface area contributed by atoms with Crippen LogP contribution in [0.5, 0.6) is 0 Å². The van der Waals surface area contributed by atoms with E-state index in [1.165, 1.54) is 0 Å². The maximum absolute atomic E-state index is 10.3. The van der Waals surface area contributed by atoms with E-state index in [9.17, 15) is 5.11 Å². The van der Waals surface area contributed by atoms with Crippen molar-refractivity contribution >= 4 is 0 Å². The number of hydrogen-bond donors (Lipinski definition) is 1. The molecule has 0 aromatic heterocycles. The fourth-order valence-corrected chi connectivity index (χ4v) is 3.34. The lowest BCUT2D eigenvalue weighted by molar-refractivity contribution is -0.0222. The van der Waals surface area contributed by atoms with Crippen LogP contribution in [0.25, 0.3) is 10.4 Å². The van der Waals surface area contributed by atoms with Crippen molar-refractivity contribution in [3.05, 3.63) is 82.2 Å². The highest BCUT2D eigenvalue weighted by molar-refractivity contribution is 5.14. The third-order valence-electron chi connectivity index (χ3n) is 4.70. The fraction of sp³-hybridized carbons (Fsp3) is 0.400. The van der Waals surface area contributed by atoms with E-state index in [1.807, 2.05) is 60.7 Å². The van der Waals surface area contributed by atoms with Gasteiger partial charge in [0, 0.05) is 17.3 Å². The van der Waals surface area contributed by atoms with Gasteiger partial charge < -0.3 is 14.6 Å². The first-order valence-corrected chi connectivity index (χ1v) is 8.77. The molecule has 0 amide bonds. The summed E-state index contributed by atoms with van der Waals surface area (Å²) in [5, 5.41) is 14.1. The molecule has 1 fully saturated rings. The molecule has 0 radical (unpaired) electrons. The van der Waals surface area contributed by atoms with Crippen LogP contribution < -0.4 is 0 Å². The molecule has 0 aliphatic heterocycles. The van der Waals surface area contributed by atoms with Gasteiger partial charge in [0.05, 0.1) is 38.1 Å². The molecule has 136 valence electrons. The molecular formula is C20H23N3O3. The van der Waals surface area contributed by atoms with Crippen LogP contribution in [-0.2, 0) is 22.7 Å². The molecule has 2 aromatic carbocycles. The van der Waals surface area contributed by atoms with Crippen LogP contribution in [0, 0.1) is 5.92 Å². The Morgan fingerprint density at radius 1 is 1.00 bits per heavy atom. The molecule has 6 nitrogen and oxygen atoms in total. The number of hydrogen-bond acceptors (Lipinski definition) is 4. The molecule has 0 saturated heterocycles. The summed E-state index contributed by atoms with van der Waals surface area (Å²) in [5.41, 5.74) is 11.0. The maximum Gasteiger partial charge on any atom is 0.0720 e. The molecule has 1 N–H and O–H groups in total. The first-order chi connectivity index (χ1) is 12.8. The number of ether oxygens (including phenoxy) is 2. The van der Waals surface area contributed by atoms with Gasteiger partial charge in [-0.2, -0.15) is 0 Å². The highest BCUT2D eigenvalue weighted by atomic mass is 16.5. The second-order valence-corrected chi connectivity index (χ2v) is 6.50. The van der Waals surface area contributed by atoms with E-state index in [0.29, 0.717) is 26.2 Å². The first kappa shape index (κ1) is 18.4. The maximum atomic E-state index is 10.3. The Balaban J connectivity index is 1.61. The van der Waals surface area contributed by atoms with Gasteiger partial charge in [0.15, 0.2) is 0 Å². The van der Waals surface area contributed by atoms with Crippen molar-refractivity contribution in [2.75, 3.05) is 6.61 Å². The molecule has 1 aliphatic carbocycles. The molecule has 2 aromatic rings. The smallest absolute Gasteiger partial charge is 0.0720 e. The van der Waals surface area contributed by atoms with Crippen LogP contribution in [0.1, 0.15) is 17.5 Å². The number of aliphatic hydroxyl groups excluding tert-OH is 1. The van der Waals surface area contributed by atoms with Gasteiger partial charge in [-0.1, -0.05) is 65.8 Å². The Morgan fingerprint density at radius 2 is 1.62 bits per heavy atom. The van der Waals surface area contributed by atoms with Gasteiger partial charge >= 0.3 is 0 Å². The summed E-state index contributed by atoms with van der Waals surface area (Å²) in [6, 6.07) is 19.2. The van der Waals surface area contributed by atoms with Crippen molar-refractivity contribution in [1.29, 1.82) is 0 Å². The largest absolute Gasteiger partial charge is 0.393 e. The predicted molar refractivity (Wildman–Crippen MR) is 98.2 cm³/mol. The molecule has 6 heteroatoms. The van der Waals surface area contributed by atoms with Crippen molar-refractivity contribution < 1.29 is 14.6 Å². The Morgan fingerprint density at radius 3 is 2.23 bits per heavy atom. The van der Waals surface area contributed by atoms with Crippen molar-refractivity contribution in [2.45, 2.75) is 37.9 Å². The van der Waals surface area contributed by atoms with Gasteiger partial charge in [0.1, 0.15) is 0 Å². The summed E-state index contributed by atoms with van der Waals surface area (Å²) in [6.07, 6.45) is -0.482. The van der Waals surface area contributed by atoms with E-state index < -0.39 is 12.1 Å². The van der Waals surface area contributed by atoms with Crippen molar-refractivity contribution in [3.63, 3.8) is 0 Å². The molecule has 1 saturated carbocycles. The van der Waals surface area contributed by atoms with Crippen molar-refractivity contribution in [1.82, 2.24) is 0 Å². The van der Waals surface area contributed by atoms with Gasteiger partial charge in [-0.3, -0.25) is 0 Å². The van der Waals surface area contributed by atoms with Crippen LogP contribution in [0.2, 0.25) is 0 Å². The summed E-state index contributed by atoms with van der Waals surface area (Å²) in [6.45, 7) is 1.30. The summed E-state index contributed by atoms with van der Waals surface area (Å²) < 4.78 is 11.9. The summed E-state index contributed by atoms with van der Waals surface area (Å²) in [4.78, 5) is 2.89. The van der Waals surface area contributed by atoms with Crippen LogP contribution >= 0.6 is 0 Å². The molecule has 26 heavy (non-hydrogen) atoms. The minimum atomic E-state index is -0.711. The Labute approximate surface area is 153 Å². The van der Waals surface area contributed by atoms with Gasteiger partial charge in [-0.25, -0.2) is 0 Å². The number of aliphatic hydroxyl groups is 1. The van der Waals surface area contributed by atoms with E-state index >= 15 is 0 Å². The molecule has 0 heterocycles. The topological polar surface area (TPSA) is 87.5 Å². The van der Waals surface area contributed by atoms with E-state index in [4.69, 9.17) is 15.0 Å².